The molecule has 0 aromatic heterocycles. The molecule has 1 rings (SSSR count). The standard InChI is InChI=1S/C14H22N2O/c1-16(11-7-3-6-10-15)14(17)12-13-8-4-2-5-9-13/h2,4-5,8-9H,3,6-7,10-12,15H2,1H3. The van der Waals surface area contributed by atoms with Gasteiger partial charge in [0.1, 0.15) is 0 Å². The lowest BCUT2D eigenvalue weighted by atomic mass is 10.1. The molecule has 0 bridgehead atoms. The second kappa shape index (κ2) is 7.85. The fourth-order valence-electron chi connectivity index (χ4n) is 1.70. The van der Waals surface area contributed by atoms with Crippen LogP contribution in [-0.2, 0) is 11.2 Å². The molecule has 0 saturated heterocycles. The maximum absolute atomic E-state index is 11.9. The molecule has 0 aliphatic heterocycles. The third-order valence-corrected chi connectivity index (χ3v) is 2.82. The summed E-state index contributed by atoms with van der Waals surface area (Å²) in [6, 6.07) is 9.86. The predicted molar refractivity (Wildman–Crippen MR) is 70.7 cm³/mol. The number of carbonyl (C=O) groups is 1. The van der Waals surface area contributed by atoms with Crippen molar-refractivity contribution in [3.63, 3.8) is 0 Å². The minimum absolute atomic E-state index is 0.184. The van der Waals surface area contributed by atoms with Crippen molar-refractivity contribution < 1.29 is 4.79 Å². The van der Waals surface area contributed by atoms with Crippen molar-refractivity contribution in [2.45, 2.75) is 25.7 Å². The number of unbranched alkanes of at least 4 members (excludes halogenated alkanes) is 2. The molecule has 0 unspecified atom stereocenters. The van der Waals surface area contributed by atoms with Gasteiger partial charge >= 0.3 is 0 Å². The molecular weight excluding hydrogens is 212 g/mol. The van der Waals surface area contributed by atoms with Gasteiger partial charge in [0, 0.05) is 13.6 Å². The van der Waals surface area contributed by atoms with E-state index in [-0.39, 0.29) is 5.91 Å². The first kappa shape index (κ1) is 13.7. The Morgan fingerprint density at radius 3 is 2.53 bits per heavy atom. The van der Waals surface area contributed by atoms with Crippen LogP contribution in [0.25, 0.3) is 0 Å². The van der Waals surface area contributed by atoms with Crippen molar-refractivity contribution in [1.82, 2.24) is 4.90 Å². The van der Waals surface area contributed by atoms with E-state index in [9.17, 15) is 4.79 Å². The fourth-order valence-corrected chi connectivity index (χ4v) is 1.70. The molecule has 0 heterocycles. The van der Waals surface area contributed by atoms with E-state index in [1.165, 1.54) is 0 Å². The molecule has 2 N–H and O–H groups in total. The molecule has 1 aromatic carbocycles. The highest BCUT2D eigenvalue weighted by Gasteiger charge is 2.08. The number of benzene rings is 1. The zero-order valence-corrected chi connectivity index (χ0v) is 10.6. The quantitative estimate of drug-likeness (QED) is 0.731. The minimum atomic E-state index is 0.184. The van der Waals surface area contributed by atoms with Crippen molar-refractivity contribution in [3.8, 4) is 0 Å². The van der Waals surface area contributed by atoms with Crippen LogP contribution in [0.5, 0.6) is 0 Å². The highest BCUT2D eigenvalue weighted by atomic mass is 16.2. The highest BCUT2D eigenvalue weighted by molar-refractivity contribution is 5.78. The molecule has 0 aliphatic rings. The second-order valence-corrected chi connectivity index (χ2v) is 4.33. The Balaban J connectivity index is 2.27. The lowest BCUT2D eigenvalue weighted by molar-refractivity contribution is -0.129. The summed E-state index contributed by atoms with van der Waals surface area (Å²) >= 11 is 0. The number of amides is 1. The normalized spacial score (nSPS) is 10.2. The average Bonchev–Trinajstić information content (AvgIpc) is 2.35. The van der Waals surface area contributed by atoms with Gasteiger partial charge in [0.15, 0.2) is 0 Å². The highest BCUT2D eigenvalue weighted by Crippen LogP contribution is 2.03. The number of likely N-dealkylation sites (N-methyl/N-ethyl adjacent to an activating group) is 1. The van der Waals surface area contributed by atoms with Crippen molar-refractivity contribution >= 4 is 5.91 Å². The van der Waals surface area contributed by atoms with Gasteiger partial charge in [0.05, 0.1) is 6.42 Å². The Labute approximate surface area is 104 Å². The summed E-state index contributed by atoms with van der Waals surface area (Å²) < 4.78 is 0. The summed E-state index contributed by atoms with van der Waals surface area (Å²) in [5.41, 5.74) is 6.50. The van der Waals surface area contributed by atoms with Crippen LogP contribution in [0.1, 0.15) is 24.8 Å². The van der Waals surface area contributed by atoms with E-state index >= 15 is 0 Å². The molecule has 0 saturated carbocycles. The van der Waals surface area contributed by atoms with E-state index in [1.807, 2.05) is 42.3 Å². The predicted octanol–water partition coefficient (Wildman–Crippen LogP) is 1.82. The van der Waals surface area contributed by atoms with E-state index in [1.54, 1.807) is 0 Å². The third-order valence-electron chi connectivity index (χ3n) is 2.82. The number of hydrogen-bond donors (Lipinski definition) is 1. The smallest absolute Gasteiger partial charge is 0.226 e. The maximum Gasteiger partial charge on any atom is 0.226 e. The lowest BCUT2D eigenvalue weighted by Crippen LogP contribution is -2.29. The zero-order valence-electron chi connectivity index (χ0n) is 10.6. The SMILES string of the molecule is CN(CCCCCN)C(=O)Cc1ccccc1. The summed E-state index contributed by atoms with van der Waals surface area (Å²) in [4.78, 5) is 13.7. The summed E-state index contributed by atoms with van der Waals surface area (Å²) in [6.07, 6.45) is 3.67. The van der Waals surface area contributed by atoms with Gasteiger partial charge in [0.2, 0.25) is 5.91 Å². The van der Waals surface area contributed by atoms with Gasteiger partial charge in [-0.1, -0.05) is 36.8 Å². The maximum atomic E-state index is 11.9. The van der Waals surface area contributed by atoms with Gasteiger partial charge < -0.3 is 10.6 Å². The van der Waals surface area contributed by atoms with Crippen LogP contribution in [0.4, 0.5) is 0 Å². The molecule has 94 valence electrons. The minimum Gasteiger partial charge on any atom is -0.345 e. The zero-order chi connectivity index (χ0) is 12.5. The summed E-state index contributed by atoms with van der Waals surface area (Å²) in [5, 5.41) is 0. The fraction of sp³-hybridized carbons (Fsp3) is 0.500. The topological polar surface area (TPSA) is 46.3 Å². The van der Waals surface area contributed by atoms with Crippen LogP contribution in [0.15, 0.2) is 30.3 Å². The molecule has 0 fully saturated rings. The summed E-state index contributed by atoms with van der Waals surface area (Å²) in [5.74, 6) is 0.184. The number of hydrogen-bond acceptors (Lipinski definition) is 2. The Kier molecular flexibility index (Phi) is 6.33. The van der Waals surface area contributed by atoms with Gasteiger partial charge in [-0.2, -0.15) is 0 Å². The number of nitrogens with zero attached hydrogens (tertiary/aromatic N) is 1. The summed E-state index contributed by atoms with van der Waals surface area (Å²) in [7, 11) is 1.87. The average molecular weight is 234 g/mol. The first-order valence-corrected chi connectivity index (χ1v) is 6.22. The van der Waals surface area contributed by atoms with Crippen molar-refractivity contribution in [1.29, 1.82) is 0 Å². The number of rotatable bonds is 7. The van der Waals surface area contributed by atoms with E-state index < -0.39 is 0 Å². The van der Waals surface area contributed by atoms with Crippen LogP contribution >= 0.6 is 0 Å². The van der Waals surface area contributed by atoms with E-state index in [0.29, 0.717) is 6.42 Å². The molecule has 0 radical (unpaired) electrons. The monoisotopic (exact) mass is 234 g/mol. The van der Waals surface area contributed by atoms with Crippen molar-refractivity contribution in [2.24, 2.45) is 5.73 Å². The molecule has 1 aromatic rings. The lowest BCUT2D eigenvalue weighted by Gasteiger charge is -2.17. The Morgan fingerprint density at radius 2 is 1.88 bits per heavy atom. The van der Waals surface area contributed by atoms with Crippen LogP contribution in [0, 0.1) is 0 Å². The first-order valence-electron chi connectivity index (χ1n) is 6.22. The van der Waals surface area contributed by atoms with Gasteiger partial charge in [0.25, 0.3) is 0 Å². The molecule has 1 amide bonds. The number of carbonyl (C=O) groups excluding carboxylic acids is 1. The first-order chi connectivity index (χ1) is 8.24. The largest absolute Gasteiger partial charge is 0.345 e. The molecule has 17 heavy (non-hydrogen) atoms. The third kappa shape index (κ3) is 5.50. The van der Waals surface area contributed by atoms with E-state index in [4.69, 9.17) is 5.73 Å². The van der Waals surface area contributed by atoms with Gasteiger partial charge in [-0.05, 0) is 24.9 Å². The Bertz CT molecular complexity index is 324. The van der Waals surface area contributed by atoms with Crippen LogP contribution in [0.2, 0.25) is 0 Å². The Morgan fingerprint density at radius 1 is 1.18 bits per heavy atom. The van der Waals surface area contributed by atoms with Crippen molar-refractivity contribution in [3.05, 3.63) is 35.9 Å². The van der Waals surface area contributed by atoms with Crippen LogP contribution in [0.3, 0.4) is 0 Å². The number of nitrogens with two attached hydrogens (primary N) is 1. The molecule has 0 atom stereocenters. The molecule has 0 aliphatic carbocycles. The molecule has 0 spiro atoms. The van der Waals surface area contributed by atoms with E-state index in [0.717, 1.165) is 37.9 Å². The van der Waals surface area contributed by atoms with E-state index in [2.05, 4.69) is 0 Å². The van der Waals surface area contributed by atoms with Gasteiger partial charge in [-0.15, -0.1) is 0 Å². The Hall–Kier alpha value is -1.35. The van der Waals surface area contributed by atoms with Crippen LogP contribution < -0.4 is 5.73 Å². The second-order valence-electron chi connectivity index (χ2n) is 4.33. The van der Waals surface area contributed by atoms with Gasteiger partial charge in [-0.25, -0.2) is 0 Å². The van der Waals surface area contributed by atoms with Gasteiger partial charge in [-0.3, -0.25) is 4.79 Å². The summed E-state index contributed by atoms with van der Waals surface area (Å²) in [6.45, 7) is 1.56. The van der Waals surface area contributed by atoms with Crippen molar-refractivity contribution in [2.75, 3.05) is 20.1 Å². The molecule has 3 heteroatoms. The molecular formula is C14H22N2O. The molecule has 3 nitrogen and oxygen atoms in total. The van der Waals surface area contributed by atoms with Crippen LogP contribution in [-0.4, -0.2) is 30.9 Å².